The van der Waals surface area contributed by atoms with Crippen LogP contribution >= 0.6 is 11.3 Å². The summed E-state index contributed by atoms with van der Waals surface area (Å²) < 4.78 is 30.7. The molecular weight excluding hydrogens is 308 g/mol. The molecule has 1 amide bonds. The summed E-state index contributed by atoms with van der Waals surface area (Å²) in [6.45, 7) is 0.0438. The molecule has 1 saturated heterocycles. The number of nitrogens with zero attached hydrogens (tertiary/aromatic N) is 1. The number of primary amides is 1. The van der Waals surface area contributed by atoms with E-state index in [-0.39, 0.29) is 29.5 Å². The van der Waals surface area contributed by atoms with Gasteiger partial charge in [-0.25, -0.2) is 13.2 Å². The normalized spacial score (nSPS) is 20.7. The second kappa shape index (κ2) is 5.48. The highest BCUT2D eigenvalue weighted by molar-refractivity contribution is 7.91. The van der Waals surface area contributed by atoms with Crippen LogP contribution in [0.25, 0.3) is 0 Å². The van der Waals surface area contributed by atoms with Gasteiger partial charge in [0.25, 0.3) is 10.0 Å². The fourth-order valence-electron chi connectivity index (χ4n) is 1.78. The van der Waals surface area contributed by atoms with Gasteiger partial charge in [-0.3, -0.25) is 4.79 Å². The molecule has 10 heteroatoms. The van der Waals surface area contributed by atoms with Crippen LogP contribution < -0.4 is 5.73 Å². The Bertz CT molecular complexity index is 638. The Hall–Kier alpha value is -1.49. The lowest BCUT2D eigenvalue weighted by atomic mass is 10.3. The average Bonchev–Trinajstić information content (AvgIpc) is 2.89. The molecule has 1 aromatic heterocycles. The van der Waals surface area contributed by atoms with Crippen molar-refractivity contribution in [2.45, 2.75) is 10.3 Å². The summed E-state index contributed by atoms with van der Waals surface area (Å²) in [5.74, 6) is -2.01. The molecule has 0 bridgehead atoms. The molecule has 3 N–H and O–H groups in total. The quantitative estimate of drug-likeness (QED) is 0.757. The van der Waals surface area contributed by atoms with Crippen molar-refractivity contribution >= 4 is 33.2 Å². The number of carboxylic acid groups (broad SMARTS) is 1. The molecule has 2 heterocycles. The van der Waals surface area contributed by atoms with Crippen LogP contribution in [-0.2, 0) is 19.6 Å². The van der Waals surface area contributed by atoms with Crippen LogP contribution in [0.3, 0.4) is 0 Å². The number of rotatable bonds is 4. The van der Waals surface area contributed by atoms with Gasteiger partial charge in [0.05, 0.1) is 18.8 Å². The fraction of sp³-hybridized carbons (Fsp3) is 0.400. The lowest BCUT2D eigenvalue weighted by Gasteiger charge is -2.31. The van der Waals surface area contributed by atoms with Crippen molar-refractivity contribution in [1.29, 1.82) is 0 Å². The van der Waals surface area contributed by atoms with Crippen LogP contribution in [0.5, 0.6) is 0 Å². The standard InChI is InChI=1S/C10H12N2O6S2/c11-9(13)7-4-18-2-1-12(7)20(16,17)8-3-6(5-19-8)10(14)15/h3,5,7H,1-2,4H2,(H2,11,13)(H,14,15). The van der Waals surface area contributed by atoms with Crippen molar-refractivity contribution in [2.75, 3.05) is 19.8 Å². The maximum Gasteiger partial charge on any atom is 0.336 e. The highest BCUT2D eigenvalue weighted by atomic mass is 32.2. The number of hydrogen-bond acceptors (Lipinski definition) is 6. The SMILES string of the molecule is NC(=O)C1COCCN1S(=O)(=O)c1cc(C(=O)O)cs1. The number of carboxylic acids is 1. The fourth-order valence-corrected chi connectivity index (χ4v) is 4.63. The first-order valence-electron chi connectivity index (χ1n) is 5.55. The highest BCUT2D eigenvalue weighted by Gasteiger charge is 2.38. The van der Waals surface area contributed by atoms with Crippen molar-refractivity contribution in [3.8, 4) is 0 Å². The number of thiophene rings is 1. The van der Waals surface area contributed by atoms with Crippen molar-refractivity contribution in [1.82, 2.24) is 4.31 Å². The van der Waals surface area contributed by atoms with Crippen molar-refractivity contribution in [2.24, 2.45) is 5.73 Å². The Morgan fingerprint density at radius 3 is 2.75 bits per heavy atom. The Morgan fingerprint density at radius 1 is 1.50 bits per heavy atom. The van der Waals surface area contributed by atoms with E-state index in [0.717, 1.165) is 21.7 Å². The minimum Gasteiger partial charge on any atom is -0.478 e. The molecule has 0 radical (unpaired) electrons. The molecule has 0 spiro atoms. The topological polar surface area (TPSA) is 127 Å². The lowest BCUT2D eigenvalue weighted by Crippen LogP contribution is -2.54. The van der Waals surface area contributed by atoms with Gasteiger partial charge in [-0.2, -0.15) is 4.31 Å². The third-order valence-electron chi connectivity index (χ3n) is 2.79. The van der Waals surface area contributed by atoms with Crippen LogP contribution in [0.1, 0.15) is 10.4 Å². The van der Waals surface area contributed by atoms with Gasteiger partial charge in [0.15, 0.2) is 0 Å². The van der Waals surface area contributed by atoms with E-state index in [9.17, 15) is 18.0 Å². The molecule has 1 unspecified atom stereocenters. The number of carbonyl (C=O) groups is 2. The smallest absolute Gasteiger partial charge is 0.336 e. The van der Waals surface area contributed by atoms with Crippen LogP contribution in [0, 0.1) is 0 Å². The Kier molecular flexibility index (Phi) is 4.09. The zero-order valence-electron chi connectivity index (χ0n) is 10.2. The molecule has 0 saturated carbocycles. The van der Waals surface area contributed by atoms with Crippen molar-refractivity contribution < 1.29 is 27.9 Å². The first-order chi connectivity index (χ1) is 9.34. The van der Waals surface area contributed by atoms with E-state index in [1.54, 1.807) is 0 Å². The van der Waals surface area contributed by atoms with E-state index in [4.69, 9.17) is 15.6 Å². The van der Waals surface area contributed by atoms with Gasteiger partial charge in [-0.05, 0) is 6.07 Å². The number of hydrogen-bond donors (Lipinski definition) is 2. The predicted octanol–water partition coefficient (Wildman–Crippen LogP) is -0.679. The molecule has 1 aliphatic rings. The van der Waals surface area contributed by atoms with Gasteiger partial charge < -0.3 is 15.6 Å². The average molecular weight is 320 g/mol. The number of sulfonamides is 1. The molecule has 1 atom stereocenters. The first kappa shape index (κ1) is 14.9. The van der Waals surface area contributed by atoms with Crippen molar-refractivity contribution in [3.05, 3.63) is 17.0 Å². The van der Waals surface area contributed by atoms with Crippen LogP contribution in [0.2, 0.25) is 0 Å². The molecule has 0 aliphatic carbocycles. The van der Waals surface area contributed by atoms with E-state index in [2.05, 4.69) is 0 Å². The van der Waals surface area contributed by atoms with Gasteiger partial charge in [-0.1, -0.05) is 0 Å². The Balaban J connectivity index is 2.36. The Morgan fingerprint density at radius 2 is 2.20 bits per heavy atom. The predicted molar refractivity (Wildman–Crippen MR) is 69.0 cm³/mol. The van der Waals surface area contributed by atoms with Gasteiger partial charge >= 0.3 is 5.97 Å². The summed E-state index contributed by atoms with van der Waals surface area (Å²) in [7, 11) is -3.96. The summed E-state index contributed by atoms with van der Waals surface area (Å²) in [5, 5.41) is 10.0. The number of amides is 1. The van der Waals surface area contributed by atoms with E-state index in [1.165, 1.54) is 5.38 Å². The summed E-state index contributed by atoms with van der Waals surface area (Å²) in [6.07, 6.45) is 0. The molecular formula is C10H12N2O6S2. The van der Waals surface area contributed by atoms with E-state index >= 15 is 0 Å². The molecule has 2 rings (SSSR count). The van der Waals surface area contributed by atoms with Crippen LogP contribution in [0.4, 0.5) is 0 Å². The largest absolute Gasteiger partial charge is 0.478 e. The van der Waals surface area contributed by atoms with E-state index in [1.807, 2.05) is 0 Å². The summed E-state index contributed by atoms with van der Waals surface area (Å²) in [4.78, 5) is 22.1. The van der Waals surface area contributed by atoms with Gasteiger partial charge in [0.1, 0.15) is 10.3 Å². The summed E-state index contributed by atoms with van der Waals surface area (Å²) >= 11 is 0.789. The molecule has 1 aromatic rings. The first-order valence-corrected chi connectivity index (χ1v) is 7.86. The second-order valence-corrected chi connectivity index (χ2v) is 7.10. The molecule has 1 fully saturated rings. The van der Waals surface area contributed by atoms with E-state index < -0.39 is 27.9 Å². The molecule has 0 aromatic carbocycles. The third kappa shape index (κ3) is 2.68. The maximum atomic E-state index is 12.4. The van der Waals surface area contributed by atoms with Gasteiger partial charge in [0.2, 0.25) is 5.91 Å². The Labute approximate surface area is 118 Å². The van der Waals surface area contributed by atoms with E-state index in [0.29, 0.717) is 0 Å². The number of morpholine rings is 1. The number of ether oxygens (including phenoxy) is 1. The summed E-state index contributed by atoms with van der Waals surface area (Å²) in [6, 6.07) is -0.0142. The van der Waals surface area contributed by atoms with Crippen molar-refractivity contribution in [3.63, 3.8) is 0 Å². The zero-order valence-corrected chi connectivity index (χ0v) is 11.8. The maximum absolute atomic E-state index is 12.4. The zero-order chi connectivity index (χ0) is 14.9. The minimum absolute atomic E-state index is 0.00373. The van der Waals surface area contributed by atoms with Crippen LogP contribution in [-0.4, -0.2) is 55.5 Å². The third-order valence-corrected chi connectivity index (χ3v) is 6.12. The molecule has 1 aliphatic heterocycles. The second-order valence-electron chi connectivity index (χ2n) is 4.07. The summed E-state index contributed by atoms with van der Waals surface area (Å²) in [5.41, 5.74) is 5.06. The molecule has 110 valence electrons. The van der Waals surface area contributed by atoms with Crippen LogP contribution in [0.15, 0.2) is 15.7 Å². The lowest BCUT2D eigenvalue weighted by molar-refractivity contribution is -0.125. The molecule has 8 nitrogen and oxygen atoms in total. The highest BCUT2D eigenvalue weighted by Crippen LogP contribution is 2.26. The van der Waals surface area contributed by atoms with Gasteiger partial charge in [0, 0.05) is 11.9 Å². The number of aromatic carboxylic acids is 1. The minimum atomic E-state index is -3.96. The monoisotopic (exact) mass is 320 g/mol. The molecule has 20 heavy (non-hydrogen) atoms. The number of nitrogens with two attached hydrogens (primary N) is 1. The number of carbonyl (C=O) groups excluding carboxylic acids is 1. The van der Waals surface area contributed by atoms with Gasteiger partial charge in [-0.15, -0.1) is 11.3 Å².